The van der Waals surface area contributed by atoms with Crippen LogP contribution in [0.15, 0.2) is 18.2 Å². The van der Waals surface area contributed by atoms with E-state index in [1.54, 1.807) is 6.92 Å². The fourth-order valence-electron chi connectivity index (χ4n) is 2.23. The Labute approximate surface area is 131 Å². The number of amides is 1. The maximum absolute atomic E-state index is 13.0. The zero-order chi connectivity index (χ0) is 16.3. The van der Waals surface area contributed by atoms with E-state index in [9.17, 15) is 18.0 Å². The number of rotatable bonds is 3. The van der Waals surface area contributed by atoms with Gasteiger partial charge in [0.05, 0.1) is 30.5 Å². The minimum Gasteiger partial charge on any atom is -0.379 e. The summed E-state index contributed by atoms with van der Waals surface area (Å²) in [5.41, 5.74) is -1.25. The highest BCUT2D eigenvalue weighted by Gasteiger charge is 2.35. The molecule has 1 N–H and O–H groups in total. The van der Waals surface area contributed by atoms with Gasteiger partial charge in [0.25, 0.3) is 0 Å². The Balaban J connectivity index is 2.14. The minimum absolute atomic E-state index is 0.0356. The van der Waals surface area contributed by atoms with Gasteiger partial charge in [0.2, 0.25) is 5.91 Å². The standard InChI is InChI=1S/C14H16ClF3N2O2/c1-9(20-4-6-22-7-5-20)13(21)19-12-3-2-10(15)8-11(12)14(16,17)18/h2-3,8-9H,4-7H2,1H3,(H,19,21)/t9-/m0/s1. The second kappa shape index (κ2) is 6.85. The summed E-state index contributed by atoms with van der Waals surface area (Å²) in [6, 6.07) is 2.73. The highest BCUT2D eigenvalue weighted by atomic mass is 35.5. The van der Waals surface area contributed by atoms with Gasteiger partial charge in [-0.1, -0.05) is 11.6 Å². The van der Waals surface area contributed by atoms with Gasteiger partial charge in [0.15, 0.2) is 0 Å². The quantitative estimate of drug-likeness (QED) is 0.922. The van der Waals surface area contributed by atoms with Gasteiger partial charge >= 0.3 is 6.18 Å². The topological polar surface area (TPSA) is 41.6 Å². The Morgan fingerprint density at radius 2 is 2.00 bits per heavy atom. The van der Waals surface area contributed by atoms with Crippen LogP contribution in [-0.2, 0) is 15.7 Å². The van der Waals surface area contributed by atoms with Crippen molar-refractivity contribution >= 4 is 23.2 Å². The molecular formula is C14H16ClF3N2O2. The molecule has 1 fully saturated rings. The van der Waals surface area contributed by atoms with E-state index in [1.165, 1.54) is 6.07 Å². The molecule has 0 saturated carbocycles. The van der Waals surface area contributed by atoms with Crippen LogP contribution in [0.5, 0.6) is 0 Å². The van der Waals surface area contributed by atoms with Crippen molar-refractivity contribution in [1.29, 1.82) is 0 Å². The van der Waals surface area contributed by atoms with Gasteiger partial charge in [-0.3, -0.25) is 9.69 Å². The molecule has 8 heteroatoms. The van der Waals surface area contributed by atoms with Gasteiger partial charge in [-0.05, 0) is 25.1 Å². The number of nitrogens with zero attached hydrogens (tertiary/aromatic N) is 1. The second-order valence-corrected chi connectivity index (χ2v) is 5.44. The fourth-order valence-corrected chi connectivity index (χ4v) is 2.40. The molecule has 0 aromatic heterocycles. The number of anilines is 1. The first-order chi connectivity index (χ1) is 10.3. The Morgan fingerprint density at radius 3 is 2.59 bits per heavy atom. The lowest BCUT2D eigenvalue weighted by Gasteiger charge is -2.31. The molecule has 22 heavy (non-hydrogen) atoms. The third-order valence-corrected chi connectivity index (χ3v) is 3.75. The first-order valence-corrected chi connectivity index (χ1v) is 7.16. The zero-order valence-corrected chi connectivity index (χ0v) is 12.7. The van der Waals surface area contributed by atoms with Crippen LogP contribution < -0.4 is 5.32 Å². The van der Waals surface area contributed by atoms with Crippen molar-refractivity contribution in [3.63, 3.8) is 0 Å². The number of ether oxygens (including phenoxy) is 1. The van der Waals surface area contributed by atoms with Gasteiger partial charge < -0.3 is 10.1 Å². The van der Waals surface area contributed by atoms with Crippen LogP contribution in [0.25, 0.3) is 0 Å². The molecule has 1 aromatic carbocycles. The van der Waals surface area contributed by atoms with Crippen molar-refractivity contribution in [3.05, 3.63) is 28.8 Å². The van der Waals surface area contributed by atoms with Gasteiger partial charge in [-0.15, -0.1) is 0 Å². The predicted octanol–water partition coefficient (Wildman–Crippen LogP) is 3.02. The number of nitrogens with one attached hydrogen (secondary N) is 1. The Bertz CT molecular complexity index is 545. The summed E-state index contributed by atoms with van der Waals surface area (Å²) in [6.07, 6.45) is -4.59. The first-order valence-electron chi connectivity index (χ1n) is 6.78. The van der Waals surface area contributed by atoms with Gasteiger partial charge in [0.1, 0.15) is 0 Å². The van der Waals surface area contributed by atoms with E-state index in [0.717, 1.165) is 12.1 Å². The maximum Gasteiger partial charge on any atom is 0.418 e. The molecule has 1 heterocycles. The highest BCUT2D eigenvalue weighted by molar-refractivity contribution is 6.30. The molecule has 122 valence electrons. The predicted molar refractivity (Wildman–Crippen MR) is 76.9 cm³/mol. The lowest BCUT2D eigenvalue weighted by Crippen LogP contribution is -2.47. The summed E-state index contributed by atoms with van der Waals surface area (Å²) < 4.78 is 44.2. The highest BCUT2D eigenvalue weighted by Crippen LogP contribution is 2.36. The van der Waals surface area contributed by atoms with Crippen LogP contribution in [0.3, 0.4) is 0 Å². The number of hydrogen-bond acceptors (Lipinski definition) is 3. The smallest absolute Gasteiger partial charge is 0.379 e. The zero-order valence-electron chi connectivity index (χ0n) is 11.9. The Morgan fingerprint density at radius 1 is 1.36 bits per heavy atom. The average Bonchev–Trinajstić information content (AvgIpc) is 2.48. The number of carbonyl (C=O) groups excluding carboxylic acids is 1. The molecule has 0 unspecified atom stereocenters. The number of alkyl halides is 3. The Hall–Kier alpha value is -1.31. The van der Waals surface area contributed by atoms with Crippen LogP contribution in [0.4, 0.5) is 18.9 Å². The summed E-state index contributed by atoms with van der Waals surface area (Å²) in [5.74, 6) is -0.491. The normalized spacial score (nSPS) is 18.0. The third-order valence-electron chi connectivity index (χ3n) is 3.52. The molecule has 0 spiro atoms. The van der Waals surface area contributed by atoms with Gasteiger partial charge in [-0.25, -0.2) is 0 Å². The SMILES string of the molecule is C[C@@H](C(=O)Nc1ccc(Cl)cc1C(F)(F)F)N1CCOCC1. The molecule has 1 saturated heterocycles. The molecular weight excluding hydrogens is 321 g/mol. The molecule has 1 atom stereocenters. The molecule has 0 aliphatic carbocycles. The lowest BCUT2D eigenvalue weighted by molar-refractivity contribution is -0.137. The first kappa shape index (κ1) is 17.1. The van der Waals surface area contributed by atoms with E-state index < -0.39 is 23.7 Å². The van der Waals surface area contributed by atoms with Crippen molar-refractivity contribution in [2.45, 2.75) is 19.1 Å². The fraction of sp³-hybridized carbons (Fsp3) is 0.500. The molecule has 0 radical (unpaired) electrons. The number of carbonyl (C=O) groups is 1. The van der Waals surface area contributed by atoms with Crippen LogP contribution in [0.2, 0.25) is 5.02 Å². The van der Waals surface area contributed by atoms with Gasteiger partial charge in [-0.2, -0.15) is 13.2 Å². The molecule has 1 amide bonds. The van der Waals surface area contributed by atoms with Crippen LogP contribution in [0.1, 0.15) is 12.5 Å². The van der Waals surface area contributed by atoms with Gasteiger partial charge in [0, 0.05) is 18.1 Å². The minimum atomic E-state index is -4.59. The average molecular weight is 337 g/mol. The van der Waals surface area contributed by atoms with Crippen molar-refractivity contribution < 1.29 is 22.7 Å². The van der Waals surface area contributed by atoms with E-state index in [0.29, 0.717) is 26.3 Å². The summed E-state index contributed by atoms with van der Waals surface area (Å²) in [7, 11) is 0. The number of halogens is 4. The monoisotopic (exact) mass is 336 g/mol. The Kier molecular flexibility index (Phi) is 5.31. The molecule has 1 aliphatic heterocycles. The van der Waals surface area contributed by atoms with Crippen molar-refractivity contribution in [3.8, 4) is 0 Å². The van der Waals surface area contributed by atoms with Crippen LogP contribution in [0, 0.1) is 0 Å². The van der Waals surface area contributed by atoms with E-state index in [4.69, 9.17) is 16.3 Å². The summed E-state index contributed by atoms with van der Waals surface area (Å²) in [5, 5.41) is 2.31. The summed E-state index contributed by atoms with van der Waals surface area (Å²) in [6.45, 7) is 3.81. The molecule has 0 bridgehead atoms. The largest absolute Gasteiger partial charge is 0.418 e. The molecule has 4 nitrogen and oxygen atoms in total. The lowest BCUT2D eigenvalue weighted by atomic mass is 10.1. The number of benzene rings is 1. The van der Waals surface area contributed by atoms with Crippen molar-refractivity contribution in [2.75, 3.05) is 31.6 Å². The van der Waals surface area contributed by atoms with Crippen LogP contribution in [-0.4, -0.2) is 43.2 Å². The summed E-state index contributed by atoms with van der Waals surface area (Å²) in [4.78, 5) is 14.0. The molecule has 2 rings (SSSR count). The second-order valence-electron chi connectivity index (χ2n) is 5.00. The van der Waals surface area contributed by atoms with Crippen molar-refractivity contribution in [2.24, 2.45) is 0 Å². The molecule has 1 aliphatic rings. The van der Waals surface area contributed by atoms with E-state index in [2.05, 4.69) is 5.32 Å². The van der Waals surface area contributed by atoms with Crippen molar-refractivity contribution in [1.82, 2.24) is 4.90 Å². The van der Waals surface area contributed by atoms with E-state index in [-0.39, 0.29) is 10.7 Å². The van der Waals surface area contributed by atoms with Crippen LogP contribution >= 0.6 is 11.6 Å². The third kappa shape index (κ3) is 4.12. The number of hydrogen-bond donors (Lipinski definition) is 1. The molecule has 1 aromatic rings. The maximum atomic E-state index is 13.0. The van der Waals surface area contributed by atoms with E-state index in [1.807, 2.05) is 4.90 Å². The number of morpholine rings is 1. The van der Waals surface area contributed by atoms with E-state index >= 15 is 0 Å². The summed E-state index contributed by atoms with van der Waals surface area (Å²) >= 11 is 5.61.